The first-order valence-corrected chi connectivity index (χ1v) is 5.76. The van der Waals surface area contributed by atoms with Crippen molar-refractivity contribution in [2.24, 2.45) is 11.8 Å². The molecule has 2 fully saturated rings. The second-order valence-electron chi connectivity index (χ2n) is 4.51. The maximum absolute atomic E-state index is 5.52. The maximum Gasteiger partial charge on any atom is 0.0588 e. The average molecular weight is 199 g/mol. The van der Waals surface area contributed by atoms with Crippen LogP contribution in [0, 0.1) is 11.8 Å². The molecule has 2 heterocycles. The van der Waals surface area contributed by atoms with E-state index < -0.39 is 0 Å². The molecule has 3 nitrogen and oxygen atoms in total. The van der Waals surface area contributed by atoms with E-state index in [-0.39, 0.29) is 0 Å². The molecule has 0 aromatic rings. The Kier molecular flexibility index (Phi) is 3.79. The van der Waals surface area contributed by atoms with E-state index in [0.29, 0.717) is 6.10 Å². The van der Waals surface area contributed by atoms with Crippen LogP contribution in [0.5, 0.6) is 0 Å². The Hall–Kier alpha value is -0.120. The molecule has 0 aliphatic carbocycles. The predicted octanol–water partition coefficient (Wildman–Crippen LogP) is 1.04. The quantitative estimate of drug-likeness (QED) is 0.734. The summed E-state index contributed by atoms with van der Waals surface area (Å²) < 4.78 is 10.9. The lowest BCUT2D eigenvalue weighted by Gasteiger charge is -2.16. The zero-order valence-corrected chi connectivity index (χ0v) is 9.00. The van der Waals surface area contributed by atoms with Gasteiger partial charge in [-0.25, -0.2) is 0 Å². The third-order valence-electron chi connectivity index (χ3n) is 3.40. The van der Waals surface area contributed by atoms with E-state index in [2.05, 4.69) is 12.2 Å². The Labute approximate surface area is 86.2 Å². The standard InChI is InChI=1S/C11H21NO2/c1-9-11(3-5-14-9)7-12-6-10-2-4-13-8-10/h9-12H,2-8H2,1H3. The molecule has 0 amide bonds. The minimum Gasteiger partial charge on any atom is -0.381 e. The lowest BCUT2D eigenvalue weighted by Crippen LogP contribution is -2.31. The van der Waals surface area contributed by atoms with E-state index in [4.69, 9.17) is 9.47 Å². The third kappa shape index (κ3) is 2.69. The molecule has 3 heteroatoms. The highest BCUT2D eigenvalue weighted by molar-refractivity contribution is 4.75. The lowest BCUT2D eigenvalue weighted by atomic mass is 10.0. The van der Waals surface area contributed by atoms with Crippen LogP contribution in [0.3, 0.4) is 0 Å². The van der Waals surface area contributed by atoms with Crippen LogP contribution < -0.4 is 5.32 Å². The van der Waals surface area contributed by atoms with Gasteiger partial charge >= 0.3 is 0 Å². The SMILES string of the molecule is CC1OCCC1CNCC1CCOC1. The molecule has 1 N–H and O–H groups in total. The van der Waals surface area contributed by atoms with Crippen molar-refractivity contribution in [1.29, 1.82) is 0 Å². The predicted molar refractivity (Wildman–Crippen MR) is 55.3 cm³/mol. The third-order valence-corrected chi connectivity index (χ3v) is 3.40. The number of hydrogen-bond acceptors (Lipinski definition) is 3. The highest BCUT2D eigenvalue weighted by atomic mass is 16.5. The van der Waals surface area contributed by atoms with E-state index in [0.717, 1.165) is 44.7 Å². The molecule has 0 aromatic heterocycles. The molecule has 14 heavy (non-hydrogen) atoms. The summed E-state index contributed by atoms with van der Waals surface area (Å²) in [5.41, 5.74) is 0. The highest BCUT2D eigenvalue weighted by Crippen LogP contribution is 2.19. The van der Waals surface area contributed by atoms with Crippen molar-refractivity contribution in [3.05, 3.63) is 0 Å². The molecule has 0 bridgehead atoms. The first kappa shape index (κ1) is 10.4. The molecular formula is C11H21NO2. The molecule has 3 atom stereocenters. The number of rotatable bonds is 4. The van der Waals surface area contributed by atoms with E-state index in [1.165, 1.54) is 12.8 Å². The van der Waals surface area contributed by atoms with Crippen molar-refractivity contribution in [3.8, 4) is 0 Å². The van der Waals surface area contributed by atoms with Crippen molar-refractivity contribution in [3.63, 3.8) is 0 Å². The Morgan fingerprint density at radius 3 is 2.79 bits per heavy atom. The summed E-state index contributed by atoms with van der Waals surface area (Å²) in [4.78, 5) is 0. The largest absolute Gasteiger partial charge is 0.381 e. The van der Waals surface area contributed by atoms with Crippen LogP contribution in [0.4, 0.5) is 0 Å². The minimum atomic E-state index is 0.447. The molecule has 3 unspecified atom stereocenters. The van der Waals surface area contributed by atoms with Gasteiger partial charge < -0.3 is 14.8 Å². The fourth-order valence-electron chi connectivity index (χ4n) is 2.26. The van der Waals surface area contributed by atoms with Crippen molar-refractivity contribution >= 4 is 0 Å². The summed E-state index contributed by atoms with van der Waals surface area (Å²) in [7, 11) is 0. The maximum atomic E-state index is 5.52. The van der Waals surface area contributed by atoms with Gasteiger partial charge in [0.05, 0.1) is 12.7 Å². The minimum absolute atomic E-state index is 0.447. The van der Waals surface area contributed by atoms with E-state index in [9.17, 15) is 0 Å². The Bertz CT molecular complexity index is 169. The molecule has 0 radical (unpaired) electrons. The topological polar surface area (TPSA) is 30.5 Å². The average Bonchev–Trinajstić information content (AvgIpc) is 2.78. The van der Waals surface area contributed by atoms with E-state index >= 15 is 0 Å². The molecule has 0 saturated carbocycles. The fourth-order valence-corrected chi connectivity index (χ4v) is 2.26. The second kappa shape index (κ2) is 5.10. The zero-order valence-electron chi connectivity index (χ0n) is 9.00. The second-order valence-corrected chi connectivity index (χ2v) is 4.51. The van der Waals surface area contributed by atoms with Crippen LogP contribution >= 0.6 is 0 Å². The van der Waals surface area contributed by atoms with Crippen molar-refractivity contribution < 1.29 is 9.47 Å². The number of hydrogen-bond donors (Lipinski definition) is 1. The van der Waals surface area contributed by atoms with Crippen LogP contribution in [0.15, 0.2) is 0 Å². The monoisotopic (exact) mass is 199 g/mol. The molecule has 0 aromatic carbocycles. The Morgan fingerprint density at radius 1 is 1.21 bits per heavy atom. The van der Waals surface area contributed by atoms with Gasteiger partial charge in [-0.2, -0.15) is 0 Å². The fraction of sp³-hybridized carbons (Fsp3) is 1.00. The first-order valence-electron chi connectivity index (χ1n) is 5.76. The summed E-state index contributed by atoms with van der Waals surface area (Å²) in [5, 5.41) is 3.54. The summed E-state index contributed by atoms with van der Waals surface area (Å²) >= 11 is 0. The van der Waals surface area contributed by atoms with Gasteiger partial charge in [-0.1, -0.05) is 0 Å². The van der Waals surface area contributed by atoms with Crippen molar-refractivity contribution in [2.45, 2.75) is 25.9 Å². The Morgan fingerprint density at radius 2 is 2.14 bits per heavy atom. The lowest BCUT2D eigenvalue weighted by molar-refractivity contribution is 0.105. The van der Waals surface area contributed by atoms with E-state index in [1.54, 1.807) is 0 Å². The van der Waals surface area contributed by atoms with Crippen LogP contribution in [0.25, 0.3) is 0 Å². The van der Waals surface area contributed by atoms with Crippen LogP contribution in [-0.2, 0) is 9.47 Å². The Balaban J connectivity index is 1.57. The van der Waals surface area contributed by atoms with Crippen LogP contribution in [0.2, 0.25) is 0 Å². The van der Waals surface area contributed by atoms with Gasteiger partial charge in [0.15, 0.2) is 0 Å². The summed E-state index contributed by atoms with van der Waals surface area (Å²) in [5.74, 6) is 1.46. The van der Waals surface area contributed by atoms with Crippen LogP contribution in [0.1, 0.15) is 19.8 Å². The summed E-state index contributed by atoms with van der Waals surface area (Å²) in [6, 6.07) is 0. The molecular weight excluding hydrogens is 178 g/mol. The van der Waals surface area contributed by atoms with Gasteiger partial charge in [0.2, 0.25) is 0 Å². The highest BCUT2D eigenvalue weighted by Gasteiger charge is 2.24. The molecule has 2 rings (SSSR count). The normalized spacial score (nSPS) is 37.9. The number of ether oxygens (including phenoxy) is 2. The van der Waals surface area contributed by atoms with Crippen molar-refractivity contribution in [2.75, 3.05) is 32.9 Å². The van der Waals surface area contributed by atoms with Gasteiger partial charge in [0.1, 0.15) is 0 Å². The molecule has 2 aliphatic rings. The molecule has 0 spiro atoms. The van der Waals surface area contributed by atoms with Gasteiger partial charge in [-0.05, 0) is 31.6 Å². The van der Waals surface area contributed by atoms with Crippen molar-refractivity contribution in [1.82, 2.24) is 5.32 Å². The first-order chi connectivity index (χ1) is 6.86. The number of nitrogens with one attached hydrogen (secondary N) is 1. The van der Waals surface area contributed by atoms with Gasteiger partial charge in [0, 0.05) is 26.3 Å². The summed E-state index contributed by atoms with van der Waals surface area (Å²) in [6.45, 7) is 7.25. The smallest absolute Gasteiger partial charge is 0.0588 e. The molecule has 82 valence electrons. The van der Waals surface area contributed by atoms with Gasteiger partial charge in [-0.3, -0.25) is 0 Å². The molecule has 2 saturated heterocycles. The van der Waals surface area contributed by atoms with E-state index in [1.807, 2.05) is 0 Å². The zero-order chi connectivity index (χ0) is 9.80. The van der Waals surface area contributed by atoms with Gasteiger partial charge in [-0.15, -0.1) is 0 Å². The van der Waals surface area contributed by atoms with Crippen LogP contribution in [-0.4, -0.2) is 39.0 Å². The molecule has 2 aliphatic heterocycles. The van der Waals surface area contributed by atoms with Gasteiger partial charge in [0.25, 0.3) is 0 Å². The summed E-state index contributed by atoms with van der Waals surface area (Å²) in [6.07, 6.45) is 2.89.